The van der Waals surface area contributed by atoms with Gasteiger partial charge in [0.2, 0.25) is 0 Å². The van der Waals surface area contributed by atoms with Crippen LogP contribution in [0.2, 0.25) is 0 Å². The van der Waals surface area contributed by atoms with Crippen LogP contribution in [0.5, 0.6) is 0 Å². The van der Waals surface area contributed by atoms with Crippen LogP contribution in [0.1, 0.15) is 23.8 Å². The molecule has 21 heavy (non-hydrogen) atoms. The summed E-state index contributed by atoms with van der Waals surface area (Å²) in [7, 11) is 2.20. The topological polar surface area (TPSA) is 32.3 Å². The van der Waals surface area contributed by atoms with Gasteiger partial charge >= 0.3 is 0 Å². The van der Waals surface area contributed by atoms with E-state index in [1.807, 2.05) is 11.3 Å². The summed E-state index contributed by atoms with van der Waals surface area (Å²) >= 11 is 1.89. The van der Waals surface area contributed by atoms with Crippen molar-refractivity contribution in [2.75, 3.05) is 38.1 Å². The van der Waals surface area contributed by atoms with Gasteiger partial charge in [0.25, 0.3) is 0 Å². The summed E-state index contributed by atoms with van der Waals surface area (Å²) in [5, 5.41) is 1.36. The predicted octanol–water partition coefficient (Wildman–Crippen LogP) is 2.57. The second-order valence-electron chi connectivity index (χ2n) is 6.52. The quantitative estimate of drug-likeness (QED) is 0.810. The Morgan fingerprint density at radius 2 is 2.00 bits per heavy atom. The van der Waals surface area contributed by atoms with Gasteiger partial charge in [-0.05, 0) is 37.8 Å². The van der Waals surface area contributed by atoms with Crippen LogP contribution in [0.15, 0.2) is 6.33 Å². The van der Waals surface area contributed by atoms with Crippen molar-refractivity contribution in [1.29, 1.82) is 0 Å². The number of aryl methyl sites for hydroxylation is 1. The number of nitrogens with zero attached hydrogens (tertiary/aromatic N) is 4. The molecule has 1 aliphatic carbocycles. The molecule has 1 saturated heterocycles. The van der Waals surface area contributed by atoms with E-state index >= 15 is 0 Å². The highest BCUT2D eigenvalue weighted by molar-refractivity contribution is 7.19. The fourth-order valence-electron chi connectivity index (χ4n) is 3.52. The molecule has 0 radical (unpaired) electrons. The molecule has 1 fully saturated rings. The molecule has 4 rings (SSSR count). The number of likely N-dealkylation sites (N-methyl/N-ethyl adjacent to an activating group) is 1. The van der Waals surface area contributed by atoms with Crippen molar-refractivity contribution >= 4 is 27.4 Å². The SMILES string of the molecule is C[C@@H]1CCc2c(sc3ncnc(N4CCN(C)CC4)c23)C1. The molecule has 0 unspecified atom stereocenters. The third-order valence-corrected chi connectivity index (χ3v) is 6.04. The maximum absolute atomic E-state index is 4.66. The highest BCUT2D eigenvalue weighted by atomic mass is 32.1. The van der Waals surface area contributed by atoms with Crippen LogP contribution in [-0.4, -0.2) is 48.1 Å². The molecule has 2 aromatic rings. The standard InChI is InChI=1S/C16H22N4S/c1-11-3-4-12-13(9-11)21-16-14(12)15(17-10-18-16)20-7-5-19(2)6-8-20/h10-11H,3-9H2,1-2H3/t11-/m1/s1. The largest absolute Gasteiger partial charge is 0.353 e. The predicted molar refractivity (Wildman–Crippen MR) is 88.3 cm³/mol. The van der Waals surface area contributed by atoms with Crippen molar-refractivity contribution in [2.45, 2.75) is 26.2 Å². The second kappa shape index (κ2) is 5.21. The van der Waals surface area contributed by atoms with Gasteiger partial charge in [0.05, 0.1) is 5.39 Å². The first-order chi connectivity index (χ1) is 10.2. The Labute approximate surface area is 129 Å². The van der Waals surface area contributed by atoms with Crippen LogP contribution in [0.25, 0.3) is 10.2 Å². The smallest absolute Gasteiger partial charge is 0.141 e. The number of aromatic nitrogens is 2. The van der Waals surface area contributed by atoms with Crippen molar-refractivity contribution in [3.8, 4) is 0 Å². The first-order valence-electron chi connectivity index (χ1n) is 7.91. The molecule has 2 aliphatic rings. The zero-order chi connectivity index (χ0) is 14.4. The van der Waals surface area contributed by atoms with Crippen molar-refractivity contribution in [2.24, 2.45) is 5.92 Å². The molecule has 0 bridgehead atoms. The second-order valence-corrected chi connectivity index (χ2v) is 7.60. The lowest BCUT2D eigenvalue weighted by atomic mass is 9.89. The minimum Gasteiger partial charge on any atom is -0.353 e. The van der Waals surface area contributed by atoms with E-state index in [1.54, 1.807) is 16.8 Å². The molecule has 5 heteroatoms. The number of fused-ring (bicyclic) bond motifs is 3. The highest BCUT2D eigenvalue weighted by Gasteiger charge is 2.25. The molecule has 1 atom stereocenters. The van der Waals surface area contributed by atoms with Crippen molar-refractivity contribution in [3.05, 3.63) is 16.8 Å². The molecule has 2 aromatic heterocycles. The van der Waals surface area contributed by atoms with Crippen molar-refractivity contribution in [1.82, 2.24) is 14.9 Å². The molecule has 0 saturated carbocycles. The molecule has 3 heterocycles. The van der Waals surface area contributed by atoms with E-state index in [-0.39, 0.29) is 0 Å². The first-order valence-corrected chi connectivity index (χ1v) is 8.73. The average molecular weight is 302 g/mol. The summed E-state index contributed by atoms with van der Waals surface area (Å²) in [4.78, 5) is 16.8. The zero-order valence-corrected chi connectivity index (χ0v) is 13.6. The van der Waals surface area contributed by atoms with Crippen LogP contribution in [0, 0.1) is 5.92 Å². The molecule has 4 nitrogen and oxygen atoms in total. The lowest BCUT2D eigenvalue weighted by Gasteiger charge is -2.33. The van der Waals surface area contributed by atoms with Crippen molar-refractivity contribution in [3.63, 3.8) is 0 Å². The van der Waals surface area contributed by atoms with Crippen LogP contribution in [0.3, 0.4) is 0 Å². The van der Waals surface area contributed by atoms with Gasteiger partial charge in [-0.3, -0.25) is 0 Å². The summed E-state index contributed by atoms with van der Waals surface area (Å²) in [5.41, 5.74) is 1.54. The monoisotopic (exact) mass is 302 g/mol. The maximum atomic E-state index is 4.66. The average Bonchev–Trinajstić information content (AvgIpc) is 2.85. The summed E-state index contributed by atoms with van der Waals surface area (Å²) in [6.07, 6.45) is 5.47. The summed E-state index contributed by atoms with van der Waals surface area (Å²) < 4.78 is 0. The van der Waals surface area contributed by atoms with E-state index in [9.17, 15) is 0 Å². The van der Waals surface area contributed by atoms with Gasteiger partial charge in [-0.15, -0.1) is 11.3 Å². The van der Waals surface area contributed by atoms with Gasteiger partial charge in [-0.25, -0.2) is 9.97 Å². The van der Waals surface area contributed by atoms with E-state index in [1.165, 1.54) is 35.3 Å². The minimum atomic E-state index is 0.811. The fourth-order valence-corrected chi connectivity index (χ4v) is 4.86. The molecule has 0 spiro atoms. The third kappa shape index (κ3) is 2.32. The van der Waals surface area contributed by atoms with Gasteiger partial charge in [-0.1, -0.05) is 6.92 Å². The van der Waals surface area contributed by atoms with Gasteiger partial charge in [0.15, 0.2) is 0 Å². The molecule has 0 amide bonds. The third-order valence-electron chi connectivity index (χ3n) is 4.87. The Morgan fingerprint density at radius 3 is 2.81 bits per heavy atom. The summed E-state index contributed by atoms with van der Waals surface area (Å²) in [5.74, 6) is 1.99. The van der Waals surface area contributed by atoms with Gasteiger partial charge < -0.3 is 9.80 Å². The Balaban J connectivity index is 1.79. The number of hydrogen-bond donors (Lipinski definition) is 0. The van der Waals surface area contributed by atoms with E-state index in [4.69, 9.17) is 0 Å². The van der Waals surface area contributed by atoms with Crippen LogP contribution < -0.4 is 4.90 Å². The minimum absolute atomic E-state index is 0.811. The van der Waals surface area contributed by atoms with Crippen LogP contribution in [0.4, 0.5) is 5.82 Å². The van der Waals surface area contributed by atoms with Crippen LogP contribution >= 0.6 is 11.3 Å². The Bertz CT molecular complexity index is 658. The number of thiophene rings is 1. The molecule has 0 aromatic carbocycles. The van der Waals surface area contributed by atoms with E-state index in [0.717, 1.165) is 32.1 Å². The summed E-state index contributed by atoms with van der Waals surface area (Å²) in [6, 6.07) is 0. The Kier molecular flexibility index (Phi) is 3.34. The maximum Gasteiger partial charge on any atom is 0.141 e. The number of anilines is 1. The lowest BCUT2D eigenvalue weighted by Crippen LogP contribution is -2.44. The molecular formula is C16H22N4S. The normalized spacial score (nSPS) is 23.5. The molecule has 1 aliphatic heterocycles. The number of hydrogen-bond acceptors (Lipinski definition) is 5. The van der Waals surface area contributed by atoms with E-state index in [2.05, 4.69) is 33.7 Å². The van der Waals surface area contributed by atoms with Crippen LogP contribution in [-0.2, 0) is 12.8 Å². The van der Waals surface area contributed by atoms with E-state index in [0.29, 0.717) is 0 Å². The highest BCUT2D eigenvalue weighted by Crippen LogP contribution is 2.40. The molecule has 112 valence electrons. The number of rotatable bonds is 1. The van der Waals surface area contributed by atoms with Crippen molar-refractivity contribution < 1.29 is 0 Å². The zero-order valence-electron chi connectivity index (χ0n) is 12.8. The summed E-state index contributed by atoms with van der Waals surface area (Å²) in [6.45, 7) is 6.75. The lowest BCUT2D eigenvalue weighted by molar-refractivity contribution is 0.312. The van der Waals surface area contributed by atoms with Gasteiger partial charge in [-0.2, -0.15) is 0 Å². The Hall–Kier alpha value is -1.20. The molecular weight excluding hydrogens is 280 g/mol. The Morgan fingerprint density at radius 1 is 1.19 bits per heavy atom. The van der Waals surface area contributed by atoms with E-state index < -0.39 is 0 Å². The van der Waals surface area contributed by atoms with Gasteiger partial charge in [0.1, 0.15) is 17.0 Å². The fraction of sp³-hybridized carbons (Fsp3) is 0.625. The number of piperazine rings is 1. The van der Waals surface area contributed by atoms with Gasteiger partial charge in [0, 0.05) is 31.1 Å². The molecule has 0 N–H and O–H groups in total. The first kappa shape index (κ1) is 13.5.